The van der Waals surface area contributed by atoms with Gasteiger partial charge in [0.15, 0.2) is 0 Å². The molecule has 2 rings (SSSR count). The van der Waals surface area contributed by atoms with E-state index in [0.29, 0.717) is 19.1 Å². The van der Waals surface area contributed by atoms with Gasteiger partial charge in [-0.25, -0.2) is 21.9 Å². The third-order valence-electron chi connectivity index (χ3n) is 3.01. The summed E-state index contributed by atoms with van der Waals surface area (Å²) < 4.78 is 58.1. The lowest BCUT2D eigenvalue weighted by molar-refractivity contribution is 0.105. The third-order valence-corrected chi connectivity index (χ3v) is 5.44. The van der Waals surface area contributed by atoms with Crippen molar-refractivity contribution in [3.8, 4) is 0 Å². The van der Waals surface area contributed by atoms with E-state index >= 15 is 0 Å². The third kappa shape index (κ3) is 3.75. The maximum Gasteiger partial charge on any atom is 0.244 e. The number of benzene rings is 1. The molecule has 1 fully saturated rings. The van der Waals surface area contributed by atoms with Gasteiger partial charge in [0.2, 0.25) is 10.0 Å². The van der Waals surface area contributed by atoms with E-state index < -0.39 is 26.6 Å². The topological polar surface area (TPSA) is 55.4 Å². The van der Waals surface area contributed by atoms with Crippen molar-refractivity contribution < 1.29 is 21.9 Å². The molecule has 1 atom stereocenters. The molecule has 0 radical (unpaired) electrons. The van der Waals surface area contributed by atoms with Gasteiger partial charge in [0, 0.05) is 23.7 Å². The minimum absolute atomic E-state index is 0.0409. The Hall–Kier alpha value is -0.570. The van der Waals surface area contributed by atoms with Gasteiger partial charge < -0.3 is 4.74 Å². The van der Waals surface area contributed by atoms with E-state index in [4.69, 9.17) is 4.74 Å². The number of sulfonamides is 1. The van der Waals surface area contributed by atoms with Crippen LogP contribution in [0.15, 0.2) is 21.5 Å². The number of halogens is 3. The molecule has 0 aliphatic carbocycles. The van der Waals surface area contributed by atoms with Crippen molar-refractivity contribution in [1.29, 1.82) is 0 Å². The molecule has 0 bridgehead atoms. The first-order valence-electron chi connectivity index (χ1n) is 6.16. The standard InChI is InChI=1S/C12H14BrF2NO3S/c13-10-6-8(14)7-11(15)12(10)20(17,18)16-4-3-9-2-1-5-19-9/h6-7,9,16H,1-5H2. The molecule has 0 aromatic heterocycles. The molecule has 1 aliphatic heterocycles. The second-order valence-corrected chi connectivity index (χ2v) is 7.08. The van der Waals surface area contributed by atoms with Crippen LogP contribution in [-0.4, -0.2) is 27.7 Å². The number of hydrogen-bond acceptors (Lipinski definition) is 3. The second-order valence-electron chi connectivity index (χ2n) is 4.52. The number of rotatable bonds is 5. The summed E-state index contributed by atoms with van der Waals surface area (Å²) in [4.78, 5) is -0.578. The average molecular weight is 370 g/mol. The monoisotopic (exact) mass is 369 g/mol. The Morgan fingerprint density at radius 2 is 2.15 bits per heavy atom. The summed E-state index contributed by atoms with van der Waals surface area (Å²) in [6.45, 7) is 0.839. The Labute approximate surface area is 124 Å². The van der Waals surface area contributed by atoms with Gasteiger partial charge >= 0.3 is 0 Å². The van der Waals surface area contributed by atoms with Gasteiger partial charge in [0.05, 0.1) is 6.10 Å². The molecule has 1 aromatic carbocycles. The Morgan fingerprint density at radius 1 is 1.40 bits per heavy atom. The molecule has 1 aliphatic rings. The molecule has 1 unspecified atom stereocenters. The lowest BCUT2D eigenvalue weighted by Crippen LogP contribution is -2.28. The van der Waals surface area contributed by atoms with Crippen LogP contribution in [0.3, 0.4) is 0 Å². The van der Waals surface area contributed by atoms with Crippen LogP contribution in [0.2, 0.25) is 0 Å². The second kappa shape index (κ2) is 6.46. The first kappa shape index (κ1) is 15.8. The summed E-state index contributed by atoms with van der Waals surface area (Å²) >= 11 is 2.87. The van der Waals surface area contributed by atoms with Crippen LogP contribution in [0.5, 0.6) is 0 Å². The van der Waals surface area contributed by atoms with Gasteiger partial charge in [-0.3, -0.25) is 0 Å². The van der Waals surface area contributed by atoms with Gasteiger partial charge in [0.25, 0.3) is 0 Å². The molecule has 20 heavy (non-hydrogen) atoms. The molecule has 4 nitrogen and oxygen atoms in total. The summed E-state index contributed by atoms with van der Waals surface area (Å²) in [6.07, 6.45) is 2.44. The van der Waals surface area contributed by atoms with E-state index in [9.17, 15) is 17.2 Å². The van der Waals surface area contributed by atoms with Crippen LogP contribution in [0.1, 0.15) is 19.3 Å². The maximum absolute atomic E-state index is 13.6. The largest absolute Gasteiger partial charge is 0.378 e. The average Bonchev–Trinajstić information content (AvgIpc) is 2.79. The van der Waals surface area contributed by atoms with Crippen LogP contribution in [0.4, 0.5) is 8.78 Å². The summed E-state index contributed by atoms with van der Waals surface area (Å²) in [7, 11) is -4.02. The van der Waals surface area contributed by atoms with E-state index in [0.717, 1.165) is 18.9 Å². The molecule has 8 heteroatoms. The number of hydrogen-bond donors (Lipinski definition) is 1. The number of nitrogens with one attached hydrogen (secondary N) is 1. The molecule has 1 saturated heterocycles. The van der Waals surface area contributed by atoms with Crippen molar-refractivity contribution in [2.24, 2.45) is 0 Å². The van der Waals surface area contributed by atoms with E-state index in [1.807, 2.05) is 0 Å². The van der Waals surface area contributed by atoms with E-state index in [-0.39, 0.29) is 17.1 Å². The van der Waals surface area contributed by atoms with Crippen LogP contribution in [0.25, 0.3) is 0 Å². The van der Waals surface area contributed by atoms with Crippen molar-refractivity contribution in [1.82, 2.24) is 4.72 Å². The normalized spacial score (nSPS) is 19.4. The Morgan fingerprint density at radius 3 is 2.75 bits per heavy atom. The number of ether oxygens (including phenoxy) is 1. The molecule has 1 N–H and O–H groups in total. The van der Waals surface area contributed by atoms with Crippen molar-refractivity contribution in [3.05, 3.63) is 28.2 Å². The summed E-state index contributed by atoms with van der Waals surface area (Å²) in [5.74, 6) is -1.96. The Balaban J connectivity index is 2.06. The first-order chi connectivity index (χ1) is 9.40. The lowest BCUT2D eigenvalue weighted by atomic mass is 10.2. The molecule has 0 spiro atoms. The lowest BCUT2D eigenvalue weighted by Gasteiger charge is -2.12. The van der Waals surface area contributed by atoms with E-state index in [1.54, 1.807) is 0 Å². The molecule has 112 valence electrons. The molecular weight excluding hydrogens is 356 g/mol. The predicted molar refractivity (Wildman–Crippen MR) is 72.8 cm³/mol. The quantitative estimate of drug-likeness (QED) is 0.867. The highest BCUT2D eigenvalue weighted by molar-refractivity contribution is 9.10. The van der Waals surface area contributed by atoms with Gasteiger partial charge in [-0.2, -0.15) is 0 Å². The highest BCUT2D eigenvalue weighted by atomic mass is 79.9. The zero-order valence-corrected chi connectivity index (χ0v) is 12.9. The van der Waals surface area contributed by atoms with Crippen LogP contribution in [-0.2, 0) is 14.8 Å². The van der Waals surface area contributed by atoms with Gasteiger partial charge in [-0.15, -0.1) is 0 Å². The van der Waals surface area contributed by atoms with Gasteiger partial charge in [-0.1, -0.05) is 0 Å². The fourth-order valence-electron chi connectivity index (χ4n) is 2.08. The van der Waals surface area contributed by atoms with Crippen molar-refractivity contribution >= 4 is 26.0 Å². The first-order valence-corrected chi connectivity index (χ1v) is 8.43. The Kier molecular flexibility index (Phi) is 5.11. The van der Waals surface area contributed by atoms with Gasteiger partial charge in [0.1, 0.15) is 16.5 Å². The van der Waals surface area contributed by atoms with Crippen LogP contribution >= 0.6 is 15.9 Å². The predicted octanol–water partition coefficient (Wildman–Crippen LogP) is 2.57. The summed E-state index contributed by atoms with van der Waals surface area (Å²) in [5, 5.41) is 0. The zero-order valence-electron chi connectivity index (χ0n) is 10.5. The fraction of sp³-hybridized carbons (Fsp3) is 0.500. The molecule has 0 saturated carbocycles. The molecule has 0 amide bonds. The van der Waals surface area contributed by atoms with Crippen molar-refractivity contribution in [3.63, 3.8) is 0 Å². The summed E-state index contributed by atoms with van der Waals surface area (Å²) in [5.41, 5.74) is 0. The minimum atomic E-state index is -4.02. The van der Waals surface area contributed by atoms with Crippen LogP contribution < -0.4 is 4.72 Å². The van der Waals surface area contributed by atoms with E-state index in [1.165, 1.54) is 0 Å². The van der Waals surface area contributed by atoms with Crippen LogP contribution in [0, 0.1) is 11.6 Å². The smallest absolute Gasteiger partial charge is 0.244 e. The molecule has 1 heterocycles. The molecular formula is C12H14BrF2NO3S. The fourth-order valence-corrected chi connectivity index (χ4v) is 4.29. The highest BCUT2D eigenvalue weighted by Gasteiger charge is 2.24. The minimum Gasteiger partial charge on any atom is -0.378 e. The Bertz CT molecular complexity index is 565. The van der Waals surface area contributed by atoms with Crippen molar-refractivity contribution in [2.75, 3.05) is 13.2 Å². The maximum atomic E-state index is 13.6. The zero-order chi connectivity index (χ0) is 14.8. The van der Waals surface area contributed by atoms with Crippen molar-refractivity contribution in [2.45, 2.75) is 30.3 Å². The summed E-state index contributed by atoms with van der Waals surface area (Å²) in [6, 6.07) is 1.46. The highest BCUT2D eigenvalue weighted by Crippen LogP contribution is 2.26. The van der Waals surface area contributed by atoms with Gasteiger partial charge in [-0.05, 0) is 41.3 Å². The van der Waals surface area contributed by atoms with E-state index in [2.05, 4.69) is 20.7 Å². The SMILES string of the molecule is O=S(=O)(NCCC1CCCO1)c1c(F)cc(F)cc1Br. The molecule has 1 aromatic rings.